The van der Waals surface area contributed by atoms with Crippen LogP contribution in [0.4, 0.5) is 0 Å². The van der Waals surface area contributed by atoms with Crippen molar-refractivity contribution in [3.05, 3.63) is 58.7 Å². The van der Waals surface area contributed by atoms with Crippen LogP contribution in [0.2, 0.25) is 0 Å². The SMILES string of the molecule is CC/C(=C\c1ccc(O)c2ccccc12)CC[C@H]1OC[C@H]2C1=C(C)CS2(=O)=O. The van der Waals surface area contributed by atoms with Gasteiger partial charge >= 0.3 is 0 Å². The Bertz CT molecular complexity index is 1080. The van der Waals surface area contributed by atoms with E-state index in [4.69, 9.17) is 4.74 Å². The van der Waals surface area contributed by atoms with Crippen molar-refractivity contribution in [2.45, 2.75) is 44.5 Å². The van der Waals surface area contributed by atoms with Gasteiger partial charge in [0.1, 0.15) is 11.0 Å². The summed E-state index contributed by atoms with van der Waals surface area (Å²) < 4.78 is 30.3. The van der Waals surface area contributed by atoms with Crippen LogP contribution >= 0.6 is 0 Å². The van der Waals surface area contributed by atoms with Gasteiger partial charge in [0.25, 0.3) is 0 Å². The number of hydrogen-bond acceptors (Lipinski definition) is 4. The Morgan fingerprint density at radius 1 is 1.21 bits per heavy atom. The maximum Gasteiger partial charge on any atom is 0.163 e. The average Bonchev–Trinajstić information content (AvgIpc) is 3.20. The number of rotatable bonds is 5. The van der Waals surface area contributed by atoms with Crippen LogP contribution in [0.25, 0.3) is 16.8 Å². The summed E-state index contributed by atoms with van der Waals surface area (Å²) in [7, 11) is -3.06. The lowest BCUT2D eigenvalue weighted by Gasteiger charge is -2.14. The van der Waals surface area contributed by atoms with E-state index in [9.17, 15) is 13.5 Å². The van der Waals surface area contributed by atoms with E-state index in [1.165, 1.54) is 5.57 Å². The molecule has 1 fully saturated rings. The average molecular weight is 399 g/mol. The van der Waals surface area contributed by atoms with E-state index in [1.807, 2.05) is 37.3 Å². The fourth-order valence-corrected chi connectivity index (χ4v) is 6.48. The molecule has 0 saturated carbocycles. The Hall–Kier alpha value is -2.11. The minimum atomic E-state index is -3.06. The van der Waals surface area contributed by atoms with Crippen LogP contribution in [0.3, 0.4) is 0 Å². The number of benzene rings is 2. The predicted molar refractivity (Wildman–Crippen MR) is 113 cm³/mol. The van der Waals surface area contributed by atoms with Crippen molar-refractivity contribution < 1.29 is 18.3 Å². The summed E-state index contributed by atoms with van der Waals surface area (Å²) in [5, 5.41) is 11.6. The summed E-state index contributed by atoms with van der Waals surface area (Å²) in [4.78, 5) is 0. The second-order valence-electron chi connectivity index (χ2n) is 7.77. The zero-order valence-corrected chi connectivity index (χ0v) is 17.1. The fraction of sp³-hybridized carbons (Fsp3) is 0.391. The number of fused-ring (bicyclic) bond motifs is 2. The molecule has 148 valence electrons. The second-order valence-corrected chi connectivity index (χ2v) is 9.95. The highest BCUT2D eigenvalue weighted by Gasteiger charge is 2.45. The zero-order valence-electron chi connectivity index (χ0n) is 16.3. The lowest BCUT2D eigenvalue weighted by Crippen LogP contribution is -2.19. The number of aromatic hydroxyl groups is 1. The van der Waals surface area contributed by atoms with Crippen LogP contribution in [0.5, 0.6) is 5.75 Å². The van der Waals surface area contributed by atoms with E-state index >= 15 is 0 Å². The second kappa shape index (κ2) is 7.37. The minimum absolute atomic E-state index is 0.0891. The Kier molecular flexibility index (Phi) is 5.06. The van der Waals surface area contributed by atoms with Gasteiger partial charge in [0, 0.05) is 5.39 Å². The summed E-state index contributed by atoms with van der Waals surface area (Å²) >= 11 is 0. The summed E-state index contributed by atoms with van der Waals surface area (Å²) in [6.45, 7) is 4.36. The molecule has 2 aromatic rings. The number of phenolic OH excluding ortho intramolecular Hbond substituents is 1. The molecule has 2 heterocycles. The minimum Gasteiger partial charge on any atom is -0.507 e. The predicted octanol–water partition coefficient (Wildman–Crippen LogP) is 4.63. The lowest BCUT2D eigenvalue weighted by molar-refractivity contribution is 0.117. The van der Waals surface area contributed by atoms with Gasteiger partial charge in [-0.1, -0.05) is 54.5 Å². The molecule has 0 amide bonds. The third-order valence-corrected chi connectivity index (χ3v) is 8.06. The standard InChI is InChI=1S/C23H26O4S/c1-3-16(12-17-9-10-20(24)19-7-5-4-6-18(17)19)8-11-21-23-15(2)14-28(25,26)22(23)13-27-21/h4-7,9-10,12,21-22,24H,3,8,11,13-14H2,1-2H3/b16-12+/t21-,22+/m1/s1. The molecule has 5 heteroatoms. The first-order valence-corrected chi connectivity index (χ1v) is 11.5. The van der Waals surface area contributed by atoms with Gasteiger partial charge in [-0.05, 0) is 48.8 Å². The van der Waals surface area contributed by atoms with Crippen LogP contribution in [0.1, 0.15) is 38.7 Å². The monoisotopic (exact) mass is 398 g/mol. The molecular formula is C23H26O4S. The van der Waals surface area contributed by atoms with Crippen LogP contribution in [0.15, 0.2) is 53.1 Å². The van der Waals surface area contributed by atoms with E-state index < -0.39 is 15.1 Å². The van der Waals surface area contributed by atoms with Gasteiger partial charge in [0.05, 0.1) is 18.5 Å². The number of ether oxygens (including phenoxy) is 1. The van der Waals surface area contributed by atoms with Crippen molar-refractivity contribution in [2.75, 3.05) is 12.4 Å². The topological polar surface area (TPSA) is 63.6 Å². The molecule has 0 bridgehead atoms. The van der Waals surface area contributed by atoms with Gasteiger partial charge in [-0.15, -0.1) is 0 Å². The molecule has 2 aliphatic heterocycles. The van der Waals surface area contributed by atoms with Crippen molar-refractivity contribution in [3.63, 3.8) is 0 Å². The number of allylic oxidation sites excluding steroid dienone is 1. The smallest absolute Gasteiger partial charge is 0.163 e. The molecule has 0 unspecified atom stereocenters. The van der Waals surface area contributed by atoms with Crippen molar-refractivity contribution in [3.8, 4) is 5.75 Å². The summed E-state index contributed by atoms with van der Waals surface area (Å²) in [6.07, 6.45) is 4.69. The normalized spacial score (nSPS) is 24.1. The lowest BCUT2D eigenvalue weighted by atomic mass is 9.95. The first-order valence-electron chi connectivity index (χ1n) is 9.83. The maximum atomic E-state index is 12.2. The van der Waals surface area contributed by atoms with Crippen molar-refractivity contribution >= 4 is 26.7 Å². The van der Waals surface area contributed by atoms with Gasteiger partial charge in [-0.3, -0.25) is 0 Å². The molecule has 4 rings (SSSR count). The van der Waals surface area contributed by atoms with Crippen LogP contribution in [-0.4, -0.2) is 37.2 Å². The van der Waals surface area contributed by atoms with E-state index in [0.717, 1.165) is 46.7 Å². The van der Waals surface area contributed by atoms with Gasteiger partial charge < -0.3 is 9.84 Å². The van der Waals surface area contributed by atoms with Gasteiger partial charge in [-0.2, -0.15) is 0 Å². The summed E-state index contributed by atoms with van der Waals surface area (Å²) in [6, 6.07) is 11.5. The van der Waals surface area contributed by atoms with Crippen molar-refractivity contribution in [1.29, 1.82) is 0 Å². The van der Waals surface area contributed by atoms with Gasteiger partial charge in [0.2, 0.25) is 0 Å². The molecule has 2 aromatic carbocycles. The largest absolute Gasteiger partial charge is 0.507 e. The van der Waals surface area contributed by atoms with Crippen LogP contribution < -0.4 is 0 Å². The zero-order chi connectivity index (χ0) is 19.9. The van der Waals surface area contributed by atoms with Crippen molar-refractivity contribution in [1.82, 2.24) is 0 Å². The number of phenols is 1. The van der Waals surface area contributed by atoms with Crippen LogP contribution in [0, 0.1) is 0 Å². The molecule has 0 aliphatic carbocycles. The van der Waals surface area contributed by atoms with Crippen LogP contribution in [-0.2, 0) is 14.6 Å². The molecule has 0 spiro atoms. The quantitative estimate of drug-likeness (QED) is 0.746. The van der Waals surface area contributed by atoms with Crippen molar-refractivity contribution in [2.24, 2.45) is 0 Å². The number of hydrogen-bond donors (Lipinski definition) is 1. The molecular weight excluding hydrogens is 372 g/mol. The van der Waals surface area contributed by atoms with E-state index in [-0.39, 0.29) is 11.9 Å². The first kappa shape index (κ1) is 19.2. The fourth-order valence-electron chi connectivity index (χ4n) is 4.48. The Morgan fingerprint density at radius 3 is 2.71 bits per heavy atom. The molecule has 1 N–H and O–H groups in total. The molecule has 0 aromatic heterocycles. The third kappa shape index (κ3) is 3.38. The Balaban J connectivity index is 1.55. The molecule has 0 radical (unpaired) electrons. The maximum absolute atomic E-state index is 12.2. The van der Waals surface area contributed by atoms with E-state index in [2.05, 4.69) is 13.0 Å². The first-order chi connectivity index (χ1) is 13.4. The highest BCUT2D eigenvalue weighted by atomic mass is 32.2. The molecule has 4 nitrogen and oxygen atoms in total. The molecule has 2 atom stereocenters. The van der Waals surface area contributed by atoms with Gasteiger partial charge in [0.15, 0.2) is 9.84 Å². The van der Waals surface area contributed by atoms with Gasteiger partial charge in [-0.25, -0.2) is 8.42 Å². The highest BCUT2D eigenvalue weighted by Crippen LogP contribution is 2.38. The summed E-state index contributed by atoms with van der Waals surface area (Å²) in [5.41, 5.74) is 4.36. The van der Waals surface area contributed by atoms with E-state index in [0.29, 0.717) is 12.4 Å². The Labute approximate surface area is 166 Å². The molecule has 2 aliphatic rings. The van der Waals surface area contributed by atoms with E-state index in [1.54, 1.807) is 6.07 Å². The molecule has 1 saturated heterocycles. The third-order valence-electron chi connectivity index (χ3n) is 5.96. The molecule has 28 heavy (non-hydrogen) atoms. The Morgan fingerprint density at radius 2 is 1.96 bits per heavy atom. The summed E-state index contributed by atoms with van der Waals surface area (Å²) in [5.74, 6) is 0.476. The number of sulfone groups is 1. The highest BCUT2D eigenvalue weighted by molar-refractivity contribution is 7.92.